The van der Waals surface area contributed by atoms with E-state index in [1.54, 1.807) is 0 Å². The summed E-state index contributed by atoms with van der Waals surface area (Å²) in [5.74, 6) is 1.74. The van der Waals surface area contributed by atoms with Crippen molar-refractivity contribution in [3.8, 4) is 0 Å². The number of pyridine rings is 1. The summed E-state index contributed by atoms with van der Waals surface area (Å²) in [6, 6.07) is 4.02. The SMILES string of the molecule is Cc1nc(NCCCCCCCl)ccc1Br. The first-order chi connectivity index (χ1) is 7.74. The first kappa shape index (κ1) is 13.8. The van der Waals surface area contributed by atoms with Crippen LogP contribution in [0.4, 0.5) is 5.82 Å². The fourth-order valence-electron chi connectivity index (χ4n) is 1.43. The van der Waals surface area contributed by atoms with Crippen LogP contribution in [0.2, 0.25) is 0 Å². The number of alkyl halides is 1. The summed E-state index contributed by atoms with van der Waals surface area (Å²) in [7, 11) is 0. The predicted molar refractivity (Wildman–Crippen MR) is 74.4 cm³/mol. The lowest BCUT2D eigenvalue weighted by Crippen LogP contribution is -2.03. The fourth-order valence-corrected chi connectivity index (χ4v) is 1.84. The number of nitrogens with one attached hydrogen (secondary N) is 1. The highest BCUT2D eigenvalue weighted by molar-refractivity contribution is 9.10. The zero-order chi connectivity index (χ0) is 11.8. The van der Waals surface area contributed by atoms with Gasteiger partial charge in [-0.15, -0.1) is 11.6 Å². The van der Waals surface area contributed by atoms with E-state index in [2.05, 4.69) is 26.2 Å². The van der Waals surface area contributed by atoms with Crippen molar-refractivity contribution < 1.29 is 0 Å². The molecule has 2 nitrogen and oxygen atoms in total. The minimum atomic E-state index is 0.779. The lowest BCUT2D eigenvalue weighted by atomic mass is 10.2. The standard InChI is InChI=1S/C12H18BrClN2/c1-10-11(13)6-7-12(16-10)15-9-5-3-2-4-8-14/h6-7H,2-5,8-9H2,1H3,(H,15,16). The molecule has 0 bridgehead atoms. The number of halogens is 2. The number of aryl methyl sites for hydroxylation is 1. The van der Waals surface area contributed by atoms with E-state index in [1.807, 2.05) is 19.1 Å². The van der Waals surface area contributed by atoms with Gasteiger partial charge in [-0.05, 0) is 47.8 Å². The van der Waals surface area contributed by atoms with Gasteiger partial charge in [0.2, 0.25) is 0 Å². The van der Waals surface area contributed by atoms with Gasteiger partial charge in [0.05, 0.1) is 5.69 Å². The molecular weight excluding hydrogens is 288 g/mol. The van der Waals surface area contributed by atoms with Crippen LogP contribution in [0, 0.1) is 6.92 Å². The lowest BCUT2D eigenvalue weighted by Gasteiger charge is -2.06. The van der Waals surface area contributed by atoms with Gasteiger partial charge in [-0.1, -0.05) is 12.8 Å². The van der Waals surface area contributed by atoms with Crippen molar-refractivity contribution in [3.05, 3.63) is 22.3 Å². The van der Waals surface area contributed by atoms with Gasteiger partial charge in [-0.3, -0.25) is 0 Å². The maximum absolute atomic E-state index is 5.61. The molecule has 0 aliphatic rings. The van der Waals surface area contributed by atoms with Crippen molar-refractivity contribution in [2.45, 2.75) is 32.6 Å². The molecule has 0 spiro atoms. The number of anilines is 1. The van der Waals surface area contributed by atoms with Crippen molar-refractivity contribution in [3.63, 3.8) is 0 Å². The second-order valence-electron chi connectivity index (χ2n) is 3.79. The van der Waals surface area contributed by atoms with Crippen LogP contribution in [-0.2, 0) is 0 Å². The van der Waals surface area contributed by atoms with Crippen LogP contribution in [0.1, 0.15) is 31.4 Å². The number of aromatic nitrogens is 1. The van der Waals surface area contributed by atoms with Crippen molar-refractivity contribution in [1.29, 1.82) is 0 Å². The summed E-state index contributed by atoms with van der Waals surface area (Å²) >= 11 is 9.05. The van der Waals surface area contributed by atoms with E-state index < -0.39 is 0 Å². The molecule has 0 fully saturated rings. The third-order valence-electron chi connectivity index (χ3n) is 2.39. The first-order valence-corrected chi connectivity index (χ1v) is 7.00. The third kappa shape index (κ3) is 5.17. The van der Waals surface area contributed by atoms with Gasteiger partial charge in [0.1, 0.15) is 5.82 Å². The molecule has 0 aliphatic heterocycles. The molecule has 0 saturated heterocycles. The number of unbranched alkanes of at least 4 members (excludes halogenated alkanes) is 3. The molecule has 1 N–H and O–H groups in total. The van der Waals surface area contributed by atoms with Crippen molar-refractivity contribution in [2.75, 3.05) is 17.7 Å². The molecule has 0 radical (unpaired) electrons. The second-order valence-corrected chi connectivity index (χ2v) is 5.03. The summed E-state index contributed by atoms with van der Waals surface area (Å²) in [4.78, 5) is 4.43. The van der Waals surface area contributed by atoms with Crippen molar-refractivity contribution in [2.24, 2.45) is 0 Å². The molecule has 16 heavy (non-hydrogen) atoms. The Hall–Kier alpha value is -0.280. The first-order valence-electron chi connectivity index (χ1n) is 5.67. The van der Waals surface area contributed by atoms with Crippen LogP contribution in [0.15, 0.2) is 16.6 Å². The molecule has 1 aromatic rings. The largest absolute Gasteiger partial charge is 0.370 e. The van der Waals surface area contributed by atoms with E-state index in [4.69, 9.17) is 11.6 Å². The van der Waals surface area contributed by atoms with Gasteiger partial charge in [0, 0.05) is 16.9 Å². The summed E-state index contributed by atoms with van der Waals surface area (Å²) in [6.45, 7) is 2.98. The maximum Gasteiger partial charge on any atom is 0.126 e. The van der Waals surface area contributed by atoms with Gasteiger partial charge < -0.3 is 5.32 Å². The second kappa shape index (κ2) is 7.91. The topological polar surface area (TPSA) is 24.9 Å². The lowest BCUT2D eigenvalue weighted by molar-refractivity contribution is 0.686. The zero-order valence-electron chi connectivity index (χ0n) is 9.60. The number of rotatable bonds is 7. The zero-order valence-corrected chi connectivity index (χ0v) is 11.9. The van der Waals surface area contributed by atoms with Gasteiger partial charge in [-0.25, -0.2) is 4.98 Å². The Balaban J connectivity index is 2.19. The Morgan fingerprint density at radius 2 is 2.00 bits per heavy atom. The van der Waals surface area contributed by atoms with Crippen LogP contribution in [0.3, 0.4) is 0 Å². The highest BCUT2D eigenvalue weighted by Crippen LogP contribution is 2.16. The summed E-state index contributed by atoms with van der Waals surface area (Å²) in [6.07, 6.45) is 4.75. The molecule has 0 saturated carbocycles. The van der Waals surface area contributed by atoms with E-state index in [1.165, 1.54) is 19.3 Å². The van der Waals surface area contributed by atoms with Crippen LogP contribution in [0.25, 0.3) is 0 Å². The molecule has 90 valence electrons. The molecule has 0 unspecified atom stereocenters. The Kier molecular flexibility index (Phi) is 6.81. The molecule has 1 aromatic heterocycles. The third-order valence-corrected chi connectivity index (χ3v) is 3.49. The van der Waals surface area contributed by atoms with Gasteiger partial charge in [0.15, 0.2) is 0 Å². The van der Waals surface area contributed by atoms with Crippen LogP contribution in [-0.4, -0.2) is 17.4 Å². The van der Waals surface area contributed by atoms with Crippen LogP contribution >= 0.6 is 27.5 Å². The summed E-state index contributed by atoms with van der Waals surface area (Å²) in [5, 5.41) is 3.32. The average Bonchev–Trinajstić information content (AvgIpc) is 2.28. The van der Waals surface area contributed by atoms with E-state index in [0.29, 0.717) is 0 Å². The van der Waals surface area contributed by atoms with E-state index in [-0.39, 0.29) is 0 Å². The monoisotopic (exact) mass is 304 g/mol. The summed E-state index contributed by atoms with van der Waals surface area (Å²) < 4.78 is 1.06. The fraction of sp³-hybridized carbons (Fsp3) is 0.583. The van der Waals surface area contributed by atoms with Gasteiger partial charge in [-0.2, -0.15) is 0 Å². The number of hydrogen-bond donors (Lipinski definition) is 1. The predicted octanol–water partition coefficient (Wildman–Crippen LogP) is 4.36. The highest BCUT2D eigenvalue weighted by atomic mass is 79.9. The number of hydrogen-bond acceptors (Lipinski definition) is 2. The van der Waals surface area contributed by atoms with Crippen molar-refractivity contribution in [1.82, 2.24) is 4.98 Å². The molecule has 0 aliphatic carbocycles. The molecular formula is C12H18BrClN2. The van der Waals surface area contributed by atoms with Crippen LogP contribution in [0.5, 0.6) is 0 Å². The Morgan fingerprint density at radius 3 is 2.69 bits per heavy atom. The van der Waals surface area contributed by atoms with Gasteiger partial charge in [0.25, 0.3) is 0 Å². The Morgan fingerprint density at radius 1 is 1.25 bits per heavy atom. The minimum Gasteiger partial charge on any atom is -0.370 e. The normalized spacial score (nSPS) is 10.4. The smallest absolute Gasteiger partial charge is 0.126 e. The Labute approximate surface area is 111 Å². The molecule has 0 aromatic carbocycles. The molecule has 1 rings (SSSR count). The molecule has 4 heteroatoms. The summed E-state index contributed by atoms with van der Waals surface area (Å²) in [5.41, 5.74) is 1.02. The van der Waals surface area contributed by atoms with E-state index in [9.17, 15) is 0 Å². The number of nitrogens with zero attached hydrogens (tertiary/aromatic N) is 1. The molecule has 0 atom stereocenters. The van der Waals surface area contributed by atoms with Crippen LogP contribution < -0.4 is 5.32 Å². The van der Waals surface area contributed by atoms with Crippen molar-refractivity contribution >= 4 is 33.3 Å². The minimum absolute atomic E-state index is 0.779. The molecule has 0 amide bonds. The van der Waals surface area contributed by atoms with E-state index in [0.717, 1.165) is 34.8 Å². The highest BCUT2D eigenvalue weighted by Gasteiger charge is 1.98. The van der Waals surface area contributed by atoms with E-state index >= 15 is 0 Å². The maximum atomic E-state index is 5.61. The van der Waals surface area contributed by atoms with Gasteiger partial charge >= 0.3 is 0 Å². The average molecular weight is 306 g/mol. The quantitative estimate of drug-likeness (QED) is 0.598. The molecule has 1 heterocycles. The Bertz CT molecular complexity index is 318.